The Bertz CT molecular complexity index is 735. The van der Waals surface area contributed by atoms with Crippen LogP contribution in [0.1, 0.15) is 30.9 Å². The van der Waals surface area contributed by atoms with E-state index < -0.39 is 5.97 Å². The number of ether oxygens (including phenoxy) is 2. The van der Waals surface area contributed by atoms with Gasteiger partial charge in [0.2, 0.25) is 0 Å². The average molecular weight is 374 g/mol. The second-order valence-electron chi connectivity index (χ2n) is 5.42. The number of hydrogen-bond acceptors (Lipinski definition) is 6. The van der Waals surface area contributed by atoms with Crippen LogP contribution in [0, 0.1) is 0 Å². The van der Waals surface area contributed by atoms with Gasteiger partial charge in [0.05, 0.1) is 17.3 Å². The van der Waals surface area contributed by atoms with E-state index in [4.69, 9.17) is 9.47 Å². The van der Waals surface area contributed by atoms with Gasteiger partial charge in [0.25, 0.3) is 0 Å². The van der Waals surface area contributed by atoms with Crippen molar-refractivity contribution < 1.29 is 19.1 Å². The molecule has 1 fully saturated rings. The largest absolute Gasteiger partial charge is 0.497 e. The number of methoxy groups -OCH3 is 1. The Morgan fingerprint density at radius 2 is 1.56 bits per heavy atom. The lowest BCUT2D eigenvalue weighted by Crippen LogP contribution is -2.14. The first kappa shape index (κ1) is 17.9. The lowest BCUT2D eigenvalue weighted by atomic mass is 10.1. The predicted octanol–water partition coefficient (Wildman–Crippen LogP) is 4.21. The smallest absolute Gasteiger partial charge is 0.338 e. The summed E-state index contributed by atoms with van der Waals surface area (Å²) in [7, 11) is 1.56. The van der Waals surface area contributed by atoms with Gasteiger partial charge in [-0.3, -0.25) is 4.79 Å². The Morgan fingerprint density at radius 1 is 0.960 bits per heavy atom. The van der Waals surface area contributed by atoms with Gasteiger partial charge in [-0.05, 0) is 42.0 Å². The quantitative estimate of drug-likeness (QED) is 0.558. The van der Waals surface area contributed by atoms with E-state index in [-0.39, 0.29) is 12.4 Å². The highest BCUT2D eigenvalue weighted by Gasteiger charge is 2.19. The summed E-state index contributed by atoms with van der Waals surface area (Å²) in [5.74, 6) is 2.26. The van der Waals surface area contributed by atoms with Gasteiger partial charge < -0.3 is 9.47 Å². The number of rotatable bonds is 6. The maximum atomic E-state index is 12.1. The molecule has 0 unspecified atom stereocenters. The summed E-state index contributed by atoms with van der Waals surface area (Å²) in [6, 6.07) is 14.1. The van der Waals surface area contributed by atoms with Crippen molar-refractivity contribution in [1.82, 2.24) is 0 Å². The van der Waals surface area contributed by atoms with Crippen molar-refractivity contribution in [3.63, 3.8) is 0 Å². The van der Waals surface area contributed by atoms with E-state index in [0.717, 1.165) is 11.5 Å². The summed E-state index contributed by atoms with van der Waals surface area (Å²) in [4.78, 5) is 24.2. The number of carbonyl (C=O) groups is 2. The summed E-state index contributed by atoms with van der Waals surface area (Å²) in [6.45, 7) is -0.277. The molecule has 0 saturated carbocycles. The molecule has 1 saturated heterocycles. The van der Waals surface area contributed by atoms with E-state index in [0.29, 0.717) is 21.5 Å². The molecule has 6 heteroatoms. The molecular formula is C19H18O4S2. The zero-order valence-electron chi connectivity index (χ0n) is 13.8. The zero-order chi connectivity index (χ0) is 17.6. The number of Topliss-reactive ketones (excluding diaryl/α,β-unsaturated/α-hetero) is 1. The summed E-state index contributed by atoms with van der Waals surface area (Å²) >= 11 is 3.83. The van der Waals surface area contributed by atoms with Crippen molar-refractivity contribution >= 4 is 35.3 Å². The SMILES string of the molecule is COc1ccc(C(=O)COC(=O)c2ccc(C3SCCS3)cc2)cc1. The van der Waals surface area contributed by atoms with Crippen LogP contribution < -0.4 is 4.74 Å². The van der Waals surface area contributed by atoms with Gasteiger partial charge in [0.15, 0.2) is 12.4 Å². The first-order valence-corrected chi connectivity index (χ1v) is 9.94. The molecule has 0 N–H and O–H groups in total. The van der Waals surface area contributed by atoms with Gasteiger partial charge >= 0.3 is 5.97 Å². The highest BCUT2D eigenvalue weighted by molar-refractivity contribution is 8.19. The Morgan fingerprint density at radius 3 is 2.16 bits per heavy atom. The fraction of sp³-hybridized carbons (Fsp3) is 0.263. The van der Waals surface area contributed by atoms with E-state index in [1.165, 1.54) is 5.56 Å². The van der Waals surface area contributed by atoms with Crippen molar-refractivity contribution in [1.29, 1.82) is 0 Å². The molecule has 1 heterocycles. The van der Waals surface area contributed by atoms with Crippen molar-refractivity contribution in [3.05, 3.63) is 65.2 Å². The van der Waals surface area contributed by atoms with Crippen LogP contribution in [-0.4, -0.2) is 37.0 Å². The summed E-state index contributed by atoms with van der Waals surface area (Å²) < 4.78 is 10.6. The highest BCUT2D eigenvalue weighted by atomic mass is 32.2. The fourth-order valence-corrected chi connectivity index (χ4v) is 5.26. The molecule has 0 aliphatic carbocycles. The number of hydrogen-bond donors (Lipinski definition) is 0. The highest BCUT2D eigenvalue weighted by Crippen LogP contribution is 2.45. The lowest BCUT2D eigenvalue weighted by Gasteiger charge is -2.09. The normalized spacial score (nSPS) is 14.3. The van der Waals surface area contributed by atoms with Crippen LogP contribution in [0.3, 0.4) is 0 Å². The van der Waals surface area contributed by atoms with Gasteiger partial charge in [0.1, 0.15) is 5.75 Å². The second kappa shape index (κ2) is 8.45. The Labute approximate surface area is 155 Å². The van der Waals surface area contributed by atoms with Gasteiger partial charge in [-0.1, -0.05) is 12.1 Å². The van der Waals surface area contributed by atoms with Crippen LogP contribution in [0.5, 0.6) is 5.75 Å². The predicted molar refractivity (Wildman–Crippen MR) is 102 cm³/mol. The molecule has 0 bridgehead atoms. The van der Waals surface area contributed by atoms with E-state index in [2.05, 4.69) is 0 Å². The minimum Gasteiger partial charge on any atom is -0.497 e. The van der Waals surface area contributed by atoms with Crippen LogP contribution in [0.2, 0.25) is 0 Å². The number of carbonyl (C=O) groups excluding carboxylic acids is 2. The zero-order valence-corrected chi connectivity index (χ0v) is 15.4. The molecule has 0 atom stereocenters. The van der Waals surface area contributed by atoms with Crippen molar-refractivity contribution in [2.45, 2.75) is 4.58 Å². The lowest BCUT2D eigenvalue weighted by molar-refractivity contribution is 0.0474. The summed E-state index contributed by atoms with van der Waals surface area (Å²) in [6.07, 6.45) is 0. The van der Waals surface area contributed by atoms with Crippen LogP contribution in [0.25, 0.3) is 0 Å². The van der Waals surface area contributed by atoms with E-state index >= 15 is 0 Å². The third-order valence-corrected chi connectivity index (χ3v) is 6.89. The third-order valence-electron chi connectivity index (χ3n) is 3.79. The molecule has 4 nitrogen and oxygen atoms in total. The van der Waals surface area contributed by atoms with Gasteiger partial charge in [-0.15, -0.1) is 23.5 Å². The molecule has 130 valence electrons. The Balaban J connectivity index is 1.55. The van der Waals surface area contributed by atoms with Gasteiger partial charge in [-0.2, -0.15) is 0 Å². The van der Waals surface area contributed by atoms with Crippen LogP contribution in [0.4, 0.5) is 0 Å². The molecule has 1 aliphatic heterocycles. The number of benzene rings is 2. The van der Waals surface area contributed by atoms with Crippen LogP contribution in [-0.2, 0) is 4.74 Å². The third kappa shape index (κ3) is 4.58. The Hall–Kier alpha value is -1.92. The minimum absolute atomic E-state index is 0.244. The first-order valence-electron chi connectivity index (χ1n) is 7.85. The monoisotopic (exact) mass is 374 g/mol. The van der Waals surface area contributed by atoms with E-state index in [9.17, 15) is 9.59 Å². The van der Waals surface area contributed by atoms with Crippen molar-refractivity contribution in [2.24, 2.45) is 0 Å². The molecule has 0 spiro atoms. The van der Waals surface area contributed by atoms with Crippen molar-refractivity contribution in [3.8, 4) is 5.75 Å². The molecule has 0 amide bonds. The van der Waals surface area contributed by atoms with Crippen LogP contribution >= 0.6 is 23.5 Å². The van der Waals surface area contributed by atoms with Crippen LogP contribution in [0.15, 0.2) is 48.5 Å². The molecule has 1 aliphatic rings. The van der Waals surface area contributed by atoms with E-state index in [1.807, 2.05) is 35.7 Å². The fourth-order valence-electron chi connectivity index (χ4n) is 2.40. The maximum Gasteiger partial charge on any atom is 0.338 e. The molecule has 25 heavy (non-hydrogen) atoms. The second-order valence-corrected chi connectivity index (χ2v) is 8.15. The molecular weight excluding hydrogens is 356 g/mol. The topological polar surface area (TPSA) is 52.6 Å². The number of ketones is 1. The standard InChI is InChI=1S/C19H18O4S2/c1-22-16-8-6-13(7-9-16)17(20)12-23-18(21)14-2-4-15(5-3-14)19-24-10-11-25-19/h2-9,19H,10-12H2,1H3. The number of esters is 1. The molecule has 2 aromatic carbocycles. The molecule has 2 aromatic rings. The Kier molecular flexibility index (Phi) is 6.04. The van der Waals surface area contributed by atoms with Crippen molar-refractivity contribution in [2.75, 3.05) is 25.2 Å². The molecule has 3 rings (SSSR count). The average Bonchev–Trinajstić information content (AvgIpc) is 3.21. The van der Waals surface area contributed by atoms with Gasteiger partial charge in [0, 0.05) is 17.1 Å². The maximum absolute atomic E-state index is 12.1. The first-order chi connectivity index (χ1) is 12.2. The van der Waals surface area contributed by atoms with Gasteiger partial charge in [-0.25, -0.2) is 4.79 Å². The summed E-state index contributed by atoms with van der Waals surface area (Å²) in [5, 5.41) is 0. The minimum atomic E-state index is -0.486. The van der Waals surface area contributed by atoms with E-state index in [1.54, 1.807) is 43.5 Å². The molecule has 0 aromatic heterocycles. The molecule has 0 radical (unpaired) electrons. The summed E-state index contributed by atoms with van der Waals surface area (Å²) in [5.41, 5.74) is 2.15. The number of thioether (sulfide) groups is 2.